The quantitative estimate of drug-likeness (QED) is 0.748. The van der Waals surface area contributed by atoms with E-state index in [0.29, 0.717) is 42.5 Å². The Morgan fingerprint density at radius 3 is 2.93 bits per heavy atom. The van der Waals surface area contributed by atoms with Gasteiger partial charge in [0.25, 0.3) is 11.8 Å². The molecule has 1 aliphatic rings. The summed E-state index contributed by atoms with van der Waals surface area (Å²) in [6, 6.07) is 4.93. The Morgan fingerprint density at radius 1 is 1.30 bits per heavy atom. The molecule has 0 unspecified atom stereocenters. The number of nitrogens with one attached hydrogen (secondary N) is 1. The lowest BCUT2D eigenvalue weighted by atomic mass is 10.1. The maximum Gasteiger partial charge on any atom is 0.271 e. The van der Waals surface area contributed by atoms with E-state index < -0.39 is 0 Å². The van der Waals surface area contributed by atoms with E-state index in [1.165, 1.54) is 12.4 Å². The first-order valence-electron chi connectivity index (χ1n) is 8.59. The lowest BCUT2D eigenvalue weighted by molar-refractivity contribution is 0.0637. The number of nitrogens with zero attached hydrogens (tertiary/aromatic N) is 5. The van der Waals surface area contributed by atoms with E-state index in [0.717, 1.165) is 0 Å². The Hall–Kier alpha value is -3.49. The topological polar surface area (TPSA) is 106 Å². The van der Waals surface area contributed by atoms with Crippen LogP contribution in [0.2, 0.25) is 0 Å². The Kier molecular flexibility index (Phi) is 4.41. The zero-order valence-corrected chi connectivity index (χ0v) is 14.7. The molecule has 0 radical (unpaired) electrons. The largest absolute Gasteiger partial charge is 0.467 e. The number of furan rings is 1. The molecule has 9 nitrogen and oxygen atoms in total. The van der Waals surface area contributed by atoms with Crippen LogP contribution in [-0.2, 0) is 13.1 Å². The number of carbonyl (C=O) groups excluding carboxylic acids is 2. The van der Waals surface area contributed by atoms with Gasteiger partial charge >= 0.3 is 0 Å². The van der Waals surface area contributed by atoms with Gasteiger partial charge in [0.05, 0.1) is 36.8 Å². The van der Waals surface area contributed by atoms with Gasteiger partial charge in [-0.25, -0.2) is 4.98 Å². The first kappa shape index (κ1) is 17.0. The molecule has 9 heteroatoms. The summed E-state index contributed by atoms with van der Waals surface area (Å²) in [7, 11) is 0. The highest BCUT2D eigenvalue weighted by Gasteiger charge is 2.31. The molecule has 27 heavy (non-hydrogen) atoms. The van der Waals surface area contributed by atoms with E-state index in [1.807, 2.05) is 11.5 Å². The second kappa shape index (κ2) is 7.02. The van der Waals surface area contributed by atoms with Crippen molar-refractivity contribution in [3.63, 3.8) is 0 Å². The van der Waals surface area contributed by atoms with Gasteiger partial charge in [0.1, 0.15) is 17.3 Å². The van der Waals surface area contributed by atoms with Crippen molar-refractivity contribution < 1.29 is 14.0 Å². The molecule has 2 amide bonds. The monoisotopic (exact) mass is 366 g/mol. The summed E-state index contributed by atoms with van der Waals surface area (Å²) in [5.41, 5.74) is 0.802. The van der Waals surface area contributed by atoms with E-state index in [4.69, 9.17) is 4.42 Å². The molecule has 0 saturated heterocycles. The SMILES string of the molecule is C[C@H]1c2nc(C(=O)NCc3ccco3)cn2CCN1C(=O)c1ccnnc1. The third-order valence-electron chi connectivity index (χ3n) is 4.56. The molecule has 1 aliphatic heterocycles. The van der Waals surface area contributed by atoms with Gasteiger partial charge in [0, 0.05) is 19.3 Å². The Balaban J connectivity index is 1.49. The number of rotatable bonds is 4. The number of aromatic nitrogens is 4. The summed E-state index contributed by atoms with van der Waals surface area (Å²) in [6.45, 7) is 3.29. The number of hydrogen-bond acceptors (Lipinski definition) is 6. The van der Waals surface area contributed by atoms with Crippen LogP contribution in [0.3, 0.4) is 0 Å². The third-order valence-corrected chi connectivity index (χ3v) is 4.56. The van der Waals surface area contributed by atoms with Crippen LogP contribution in [0.25, 0.3) is 0 Å². The van der Waals surface area contributed by atoms with Crippen molar-refractivity contribution in [2.24, 2.45) is 0 Å². The molecule has 3 aromatic heterocycles. The number of carbonyl (C=O) groups is 2. The highest BCUT2D eigenvalue weighted by Crippen LogP contribution is 2.26. The van der Waals surface area contributed by atoms with Gasteiger partial charge in [-0.2, -0.15) is 10.2 Å². The number of amides is 2. The smallest absolute Gasteiger partial charge is 0.271 e. The third kappa shape index (κ3) is 3.31. The Labute approximate surface area is 155 Å². The minimum Gasteiger partial charge on any atom is -0.467 e. The van der Waals surface area contributed by atoms with Gasteiger partial charge in [0.15, 0.2) is 0 Å². The highest BCUT2D eigenvalue weighted by atomic mass is 16.3. The van der Waals surface area contributed by atoms with Crippen LogP contribution < -0.4 is 5.32 Å². The van der Waals surface area contributed by atoms with Crippen LogP contribution in [-0.4, -0.2) is 43.0 Å². The van der Waals surface area contributed by atoms with Crippen molar-refractivity contribution in [2.45, 2.75) is 26.1 Å². The molecule has 1 atom stereocenters. The molecule has 4 rings (SSSR count). The van der Waals surface area contributed by atoms with E-state index in [1.54, 1.807) is 35.6 Å². The van der Waals surface area contributed by atoms with Crippen LogP contribution in [0.1, 0.15) is 45.4 Å². The molecule has 0 spiro atoms. The normalized spacial score (nSPS) is 16.0. The fourth-order valence-corrected chi connectivity index (χ4v) is 3.13. The fraction of sp³-hybridized carbons (Fsp3) is 0.278. The molecule has 4 heterocycles. The number of imidazole rings is 1. The van der Waals surface area contributed by atoms with Crippen LogP contribution in [0.5, 0.6) is 0 Å². The summed E-state index contributed by atoms with van der Waals surface area (Å²) >= 11 is 0. The summed E-state index contributed by atoms with van der Waals surface area (Å²) in [4.78, 5) is 31.3. The second-order valence-corrected chi connectivity index (χ2v) is 6.25. The van der Waals surface area contributed by atoms with Gasteiger partial charge in [-0.05, 0) is 25.1 Å². The molecule has 0 bridgehead atoms. The molecule has 3 aromatic rings. The Morgan fingerprint density at radius 2 is 2.19 bits per heavy atom. The predicted octanol–water partition coefficient (Wildman–Crippen LogP) is 1.41. The van der Waals surface area contributed by atoms with Crippen molar-refractivity contribution in [3.05, 3.63) is 65.9 Å². The molecule has 0 saturated carbocycles. The van der Waals surface area contributed by atoms with Crippen LogP contribution >= 0.6 is 0 Å². The van der Waals surface area contributed by atoms with E-state index in [2.05, 4.69) is 20.5 Å². The average Bonchev–Trinajstić information content (AvgIpc) is 3.37. The zero-order chi connectivity index (χ0) is 18.8. The number of fused-ring (bicyclic) bond motifs is 1. The number of hydrogen-bond donors (Lipinski definition) is 1. The molecule has 1 N–H and O–H groups in total. The summed E-state index contributed by atoms with van der Waals surface area (Å²) in [5, 5.41) is 10.2. The van der Waals surface area contributed by atoms with Crippen molar-refractivity contribution >= 4 is 11.8 Å². The van der Waals surface area contributed by atoms with Gasteiger partial charge in [-0.1, -0.05) is 0 Å². The maximum absolute atomic E-state index is 12.7. The lowest BCUT2D eigenvalue weighted by Gasteiger charge is -2.33. The minimum atomic E-state index is -0.281. The highest BCUT2D eigenvalue weighted by molar-refractivity contribution is 5.94. The lowest BCUT2D eigenvalue weighted by Crippen LogP contribution is -2.41. The molecular weight excluding hydrogens is 348 g/mol. The van der Waals surface area contributed by atoms with Gasteiger partial charge in [0.2, 0.25) is 0 Å². The van der Waals surface area contributed by atoms with Crippen molar-refractivity contribution in [1.82, 2.24) is 30.0 Å². The minimum absolute atomic E-state index is 0.129. The van der Waals surface area contributed by atoms with Crippen molar-refractivity contribution in [2.75, 3.05) is 6.54 Å². The van der Waals surface area contributed by atoms with Crippen LogP contribution in [0, 0.1) is 0 Å². The molecule has 0 aromatic carbocycles. The molecule has 0 aliphatic carbocycles. The van der Waals surface area contributed by atoms with E-state index in [9.17, 15) is 9.59 Å². The summed E-state index contributed by atoms with van der Waals surface area (Å²) < 4.78 is 7.12. The standard InChI is InChI=1S/C18H18N6O3/c1-12-16-22-15(17(25)19-10-14-3-2-8-27-14)11-23(16)6-7-24(12)18(26)13-4-5-20-21-9-13/h2-5,8-9,11-12H,6-7,10H2,1H3,(H,19,25)/t12-/m0/s1. The first-order chi connectivity index (χ1) is 13.1. The van der Waals surface area contributed by atoms with Gasteiger partial charge in [-0.3, -0.25) is 9.59 Å². The van der Waals surface area contributed by atoms with Crippen molar-refractivity contribution in [1.29, 1.82) is 0 Å². The fourth-order valence-electron chi connectivity index (χ4n) is 3.13. The van der Waals surface area contributed by atoms with Gasteiger partial charge in [-0.15, -0.1) is 0 Å². The van der Waals surface area contributed by atoms with Gasteiger partial charge < -0.3 is 19.2 Å². The zero-order valence-electron chi connectivity index (χ0n) is 14.7. The second-order valence-electron chi connectivity index (χ2n) is 6.25. The molecular formula is C18H18N6O3. The first-order valence-corrected chi connectivity index (χ1v) is 8.59. The maximum atomic E-state index is 12.7. The summed E-state index contributed by atoms with van der Waals surface area (Å²) in [5.74, 6) is 0.940. The molecule has 0 fully saturated rings. The van der Waals surface area contributed by atoms with Crippen LogP contribution in [0.4, 0.5) is 0 Å². The predicted molar refractivity (Wildman–Crippen MR) is 93.6 cm³/mol. The van der Waals surface area contributed by atoms with Crippen LogP contribution in [0.15, 0.2) is 47.5 Å². The molecule has 138 valence electrons. The van der Waals surface area contributed by atoms with E-state index in [-0.39, 0.29) is 17.9 Å². The van der Waals surface area contributed by atoms with E-state index >= 15 is 0 Å². The summed E-state index contributed by atoms with van der Waals surface area (Å²) in [6.07, 6.45) is 6.22. The van der Waals surface area contributed by atoms with Crippen molar-refractivity contribution in [3.8, 4) is 0 Å². The average molecular weight is 366 g/mol. The Bertz CT molecular complexity index is 951.